The first kappa shape index (κ1) is 18.7. The topological polar surface area (TPSA) is 67.9 Å². The van der Waals surface area contributed by atoms with E-state index in [4.69, 9.17) is 9.47 Å². The number of fused-ring (bicyclic) bond motifs is 1. The lowest BCUT2D eigenvalue weighted by molar-refractivity contribution is -0.146. The summed E-state index contributed by atoms with van der Waals surface area (Å²) in [5.74, 6) is -0.229. The van der Waals surface area contributed by atoms with Gasteiger partial charge in [-0.2, -0.15) is 0 Å². The molecule has 0 radical (unpaired) electrons. The molecule has 0 bridgehead atoms. The summed E-state index contributed by atoms with van der Waals surface area (Å²) < 4.78 is 11.0. The second-order valence-electron chi connectivity index (χ2n) is 7.53. The van der Waals surface area contributed by atoms with E-state index in [1.165, 1.54) is 0 Å². The Morgan fingerprint density at radius 1 is 1.23 bits per heavy atom. The van der Waals surface area contributed by atoms with E-state index in [-0.39, 0.29) is 24.7 Å². The quantitative estimate of drug-likeness (QED) is 0.840. The zero-order chi connectivity index (χ0) is 18.8. The third kappa shape index (κ3) is 4.01. The molecule has 1 amide bonds. The summed E-state index contributed by atoms with van der Waals surface area (Å²) in [4.78, 5) is 26.8. The van der Waals surface area contributed by atoms with Crippen molar-refractivity contribution < 1.29 is 19.1 Å². The van der Waals surface area contributed by atoms with Gasteiger partial charge < -0.3 is 19.7 Å². The number of amides is 1. The van der Waals surface area contributed by atoms with Crippen molar-refractivity contribution >= 4 is 17.6 Å². The van der Waals surface area contributed by atoms with Crippen molar-refractivity contribution in [1.82, 2.24) is 4.90 Å². The molecule has 1 fully saturated rings. The molecule has 1 aromatic carbocycles. The molecule has 3 rings (SSSR count). The number of carbonyl (C=O) groups excluding carboxylic acids is 2. The number of carbonyl (C=O) groups is 2. The van der Waals surface area contributed by atoms with Crippen molar-refractivity contribution in [1.29, 1.82) is 0 Å². The van der Waals surface area contributed by atoms with E-state index >= 15 is 0 Å². The first-order chi connectivity index (χ1) is 12.3. The number of hydrogen-bond donors (Lipinski definition) is 1. The Balaban J connectivity index is 1.68. The van der Waals surface area contributed by atoms with Gasteiger partial charge in [-0.15, -0.1) is 0 Å². The van der Waals surface area contributed by atoms with Crippen LogP contribution in [-0.4, -0.2) is 55.2 Å². The average Bonchev–Trinajstić information content (AvgIpc) is 2.58. The fourth-order valence-corrected chi connectivity index (χ4v) is 3.81. The van der Waals surface area contributed by atoms with Crippen molar-refractivity contribution in [3.63, 3.8) is 0 Å². The maximum Gasteiger partial charge on any atom is 0.340 e. The van der Waals surface area contributed by atoms with Crippen LogP contribution in [0.3, 0.4) is 0 Å². The van der Waals surface area contributed by atoms with Crippen LogP contribution in [0.5, 0.6) is 0 Å². The zero-order valence-electron chi connectivity index (χ0n) is 16.0. The van der Waals surface area contributed by atoms with Crippen LogP contribution in [0.4, 0.5) is 5.69 Å². The minimum atomic E-state index is -0.450. The monoisotopic (exact) mass is 360 g/mol. The number of aryl methyl sites for hydroxylation is 1. The summed E-state index contributed by atoms with van der Waals surface area (Å²) in [5, 5.41) is 3.32. The van der Waals surface area contributed by atoms with Gasteiger partial charge in [0.2, 0.25) is 0 Å². The van der Waals surface area contributed by atoms with Gasteiger partial charge in [-0.25, -0.2) is 4.79 Å². The summed E-state index contributed by atoms with van der Waals surface area (Å²) >= 11 is 0. The highest BCUT2D eigenvalue weighted by atomic mass is 16.5. The molecule has 6 heteroatoms. The van der Waals surface area contributed by atoms with Gasteiger partial charge >= 0.3 is 5.97 Å². The highest BCUT2D eigenvalue weighted by Crippen LogP contribution is 2.35. The number of morpholine rings is 1. The Bertz CT molecular complexity index is 693. The van der Waals surface area contributed by atoms with Gasteiger partial charge in [0.05, 0.1) is 23.5 Å². The summed E-state index contributed by atoms with van der Waals surface area (Å²) in [6.45, 7) is 9.66. The summed E-state index contributed by atoms with van der Waals surface area (Å²) in [6.07, 6.45) is 1.03. The highest BCUT2D eigenvalue weighted by Gasteiger charge is 2.28. The molecule has 2 heterocycles. The van der Waals surface area contributed by atoms with Gasteiger partial charge in [-0.3, -0.25) is 4.79 Å². The van der Waals surface area contributed by atoms with Crippen LogP contribution in [0.25, 0.3) is 0 Å². The number of ether oxygens (including phenoxy) is 2. The SMILES string of the molecule is Cc1cc(C(=O)OCC(=O)N2C[C@@H](C)O[C@@H](C)C2)c2c(c1)[C@H](C)CCN2. The number of esters is 1. The molecule has 0 aliphatic carbocycles. The molecule has 1 N–H and O–H groups in total. The Morgan fingerprint density at radius 3 is 2.62 bits per heavy atom. The smallest absolute Gasteiger partial charge is 0.340 e. The van der Waals surface area contributed by atoms with E-state index in [1.54, 1.807) is 4.90 Å². The van der Waals surface area contributed by atoms with Crippen molar-refractivity contribution in [2.45, 2.75) is 52.2 Å². The third-order valence-electron chi connectivity index (χ3n) is 5.04. The maximum atomic E-state index is 12.6. The molecule has 0 spiro atoms. The minimum absolute atomic E-state index is 0.00659. The molecule has 6 nitrogen and oxygen atoms in total. The van der Waals surface area contributed by atoms with Gasteiger partial charge in [0.25, 0.3) is 5.91 Å². The molecule has 1 saturated heterocycles. The molecule has 2 aliphatic heterocycles. The van der Waals surface area contributed by atoms with Gasteiger partial charge in [-0.05, 0) is 50.3 Å². The number of anilines is 1. The molecule has 2 aliphatic rings. The van der Waals surface area contributed by atoms with Crippen LogP contribution < -0.4 is 5.32 Å². The number of benzene rings is 1. The van der Waals surface area contributed by atoms with Crippen LogP contribution in [0.2, 0.25) is 0 Å². The van der Waals surface area contributed by atoms with Gasteiger partial charge in [-0.1, -0.05) is 13.0 Å². The maximum absolute atomic E-state index is 12.6. The van der Waals surface area contributed by atoms with Crippen LogP contribution >= 0.6 is 0 Å². The Labute approximate surface area is 154 Å². The largest absolute Gasteiger partial charge is 0.452 e. The van der Waals surface area contributed by atoms with Crippen LogP contribution in [-0.2, 0) is 14.3 Å². The van der Waals surface area contributed by atoms with Gasteiger partial charge in [0.1, 0.15) is 0 Å². The second kappa shape index (κ2) is 7.66. The highest BCUT2D eigenvalue weighted by molar-refractivity contribution is 5.98. The number of nitrogens with zero attached hydrogens (tertiary/aromatic N) is 1. The molecular formula is C20H28N2O4. The van der Waals surface area contributed by atoms with E-state index in [0.717, 1.165) is 29.8 Å². The predicted octanol–water partition coefficient (Wildman–Crippen LogP) is 2.71. The molecule has 142 valence electrons. The third-order valence-corrected chi connectivity index (χ3v) is 5.04. The lowest BCUT2D eigenvalue weighted by Gasteiger charge is -2.35. The first-order valence-electron chi connectivity index (χ1n) is 9.34. The van der Waals surface area contributed by atoms with Crippen LogP contribution in [0.15, 0.2) is 12.1 Å². The van der Waals surface area contributed by atoms with E-state index < -0.39 is 5.97 Å². The fourth-order valence-electron chi connectivity index (χ4n) is 3.81. The molecule has 3 atom stereocenters. The first-order valence-corrected chi connectivity index (χ1v) is 9.34. The van der Waals surface area contributed by atoms with Crippen molar-refractivity contribution in [3.05, 3.63) is 28.8 Å². The number of rotatable bonds is 3. The van der Waals surface area contributed by atoms with Crippen molar-refractivity contribution in [2.75, 3.05) is 31.6 Å². The summed E-state index contributed by atoms with van der Waals surface area (Å²) in [7, 11) is 0. The molecule has 26 heavy (non-hydrogen) atoms. The normalized spacial score (nSPS) is 25.2. The predicted molar refractivity (Wildman–Crippen MR) is 99.6 cm³/mol. The van der Waals surface area contributed by atoms with Crippen LogP contribution in [0.1, 0.15) is 54.6 Å². The Hall–Kier alpha value is -2.08. The van der Waals surface area contributed by atoms with Crippen molar-refractivity contribution in [2.24, 2.45) is 0 Å². The Kier molecular flexibility index (Phi) is 5.51. The van der Waals surface area contributed by atoms with Gasteiger partial charge in [0.15, 0.2) is 6.61 Å². The van der Waals surface area contributed by atoms with E-state index in [1.807, 2.05) is 26.8 Å². The molecule has 0 unspecified atom stereocenters. The Morgan fingerprint density at radius 2 is 1.92 bits per heavy atom. The van der Waals surface area contributed by atoms with E-state index in [9.17, 15) is 9.59 Å². The number of hydrogen-bond acceptors (Lipinski definition) is 5. The van der Waals surface area contributed by atoms with Crippen LogP contribution in [0, 0.1) is 6.92 Å². The van der Waals surface area contributed by atoms with Gasteiger partial charge in [0, 0.05) is 19.6 Å². The minimum Gasteiger partial charge on any atom is -0.452 e. The molecular weight excluding hydrogens is 332 g/mol. The fraction of sp³-hybridized carbons (Fsp3) is 0.600. The van der Waals surface area contributed by atoms with E-state index in [2.05, 4.69) is 18.3 Å². The number of nitrogens with one attached hydrogen (secondary N) is 1. The standard InChI is InChI=1S/C20H28N2O4/c1-12-7-16-13(2)5-6-21-19(16)17(8-12)20(24)25-11-18(23)22-9-14(3)26-15(4)10-22/h7-8,13-15,21H,5-6,9-11H2,1-4H3/t13-,14-,15+/m1/s1. The summed E-state index contributed by atoms with van der Waals surface area (Å²) in [6, 6.07) is 3.94. The van der Waals surface area contributed by atoms with Crippen molar-refractivity contribution in [3.8, 4) is 0 Å². The molecule has 0 saturated carbocycles. The zero-order valence-corrected chi connectivity index (χ0v) is 16.0. The second-order valence-corrected chi connectivity index (χ2v) is 7.53. The summed E-state index contributed by atoms with van der Waals surface area (Å²) in [5.41, 5.74) is 3.53. The average molecular weight is 360 g/mol. The van der Waals surface area contributed by atoms with E-state index in [0.29, 0.717) is 24.6 Å². The lowest BCUT2D eigenvalue weighted by Crippen LogP contribution is -2.49. The molecule has 1 aromatic rings. The lowest BCUT2D eigenvalue weighted by atomic mass is 9.89. The molecule has 0 aromatic heterocycles.